The molecule has 0 aliphatic heterocycles. The minimum Gasteiger partial charge on any atom is -0.497 e. The van der Waals surface area contributed by atoms with Crippen LogP contribution in [0.5, 0.6) is 5.75 Å². The number of aliphatic hydroxyl groups is 1. The number of aromatic nitrogens is 2. The maximum absolute atomic E-state index is 9.40. The van der Waals surface area contributed by atoms with Crippen LogP contribution >= 0.6 is 0 Å². The predicted molar refractivity (Wildman–Crippen MR) is 82.5 cm³/mol. The number of hydrogen-bond acceptors (Lipinski definition) is 3. The number of pyridine rings is 1. The number of fused-ring (bicyclic) bond motifs is 1. The van der Waals surface area contributed by atoms with E-state index in [1.165, 1.54) is 0 Å². The van der Waals surface area contributed by atoms with Crippen LogP contribution < -0.4 is 4.74 Å². The molecule has 0 aliphatic rings. The van der Waals surface area contributed by atoms with Crippen LogP contribution in [0, 0.1) is 6.92 Å². The van der Waals surface area contributed by atoms with E-state index in [1.807, 2.05) is 43.5 Å². The minimum absolute atomic E-state index is 0.0534. The fourth-order valence-electron chi connectivity index (χ4n) is 2.64. The molecule has 0 aliphatic carbocycles. The van der Waals surface area contributed by atoms with E-state index in [4.69, 9.17) is 4.74 Å². The molecule has 0 radical (unpaired) electrons. The summed E-state index contributed by atoms with van der Waals surface area (Å²) < 4.78 is 7.43. The smallest absolute Gasteiger partial charge is 0.122 e. The van der Waals surface area contributed by atoms with Crippen LogP contribution in [0.15, 0.2) is 42.6 Å². The molecule has 3 rings (SSSR count). The molecule has 2 aromatic heterocycles. The van der Waals surface area contributed by atoms with Crippen molar-refractivity contribution in [2.45, 2.75) is 20.1 Å². The summed E-state index contributed by atoms with van der Waals surface area (Å²) >= 11 is 0. The molecular formula is C17H18N2O2. The van der Waals surface area contributed by atoms with Crippen LogP contribution in [0.2, 0.25) is 0 Å². The maximum atomic E-state index is 9.40. The van der Waals surface area contributed by atoms with Gasteiger partial charge < -0.3 is 14.4 Å². The van der Waals surface area contributed by atoms with E-state index < -0.39 is 0 Å². The Morgan fingerprint density at radius 1 is 1.24 bits per heavy atom. The van der Waals surface area contributed by atoms with E-state index >= 15 is 0 Å². The van der Waals surface area contributed by atoms with Crippen molar-refractivity contribution in [1.82, 2.24) is 9.55 Å². The Labute approximate surface area is 123 Å². The fourth-order valence-corrected chi connectivity index (χ4v) is 2.64. The second-order valence-corrected chi connectivity index (χ2v) is 5.09. The van der Waals surface area contributed by atoms with E-state index in [0.717, 1.165) is 33.6 Å². The van der Waals surface area contributed by atoms with Gasteiger partial charge in [0.25, 0.3) is 0 Å². The minimum atomic E-state index is 0.0534. The molecule has 2 heterocycles. The molecule has 3 aromatic rings. The lowest BCUT2D eigenvalue weighted by atomic mass is 10.1. The highest BCUT2D eigenvalue weighted by Crippen LogP contribution is 2.22. The van der Waals surface area contributed by atoms with Gasteiger partial charge in [-0.25, -0.2) is 0 Å². The summed E-state index contributed by atoms with van der Waals surface area (Å²) in [6, 6.07) is 11.9. The summed E-state index contributed by atoms with van der Waals surface area (Å²) in [7, 11) is 1.66. The van der Waals surface area contributed by atoms with Gasteiger partial charge in [0.1, 0.15) is 5.75 Å². The van der Waals surface area contributed by atoms with Crippen molar-refractivity contribution in [2.75, 3.05) is 7.11 Å². The van der Waals surface area contributed by atoms with E-state index in [2.05, 4.69) is 15.6 Å². The summed E-state index contributed by atoms with van der Waals surface area (Å²) in [4.78, 5) is 4.56. The summed E-state index contributed by atoms with van der Waals surface area (Å²) in [5.74, 6) is 0.824. The zero-order valence-electron chi connectivity index (χ0n) is 12.2. The zero-order chi connectivity index (χ0) is 14.8. The van der Waals surface area contributed by atoms with Crippen molar-refractivity contribution in [3.8, 4) is 5.75 Å². The van der Waals surface area contributed by atoms with Crippen LogP contribution in [-0.2, 0) is 13.2 Å². The molecule has 0 fully saturated rings. The third-order valence-corrected chi connectivity index (χ3v) is 3.62. The standard InChI is InChI=1S/C17H18N2O2/c1-12-8-15(21-2)9-14(18-12)10-19-7-6-16-13(11-20)4-3-5-17(16)19/h3-9,20H,10-11H2,1-2H3. The van der Waals surface area contributed by atoms with E-state index in [0.29, 0.717) is 6.54 Å². The first-order valence-corrected chi connectivity index (χ1v) is 6.90. The van der Waals surface area contributed by atoms with Crippen LogP contribution in [0.4, 0.5) is 0 Å². The van der Waals surface area contributed by atoms with Gasteiger partial charge >= 0.3 is 0 Å². The molecule has 21 heavy (non-hydrogen) atoms. The van der Waals surface area contributed by atoms with Gasteiger partial charge in [-0.2, -0.15) is 0 Å². The van der Waals surface area contributed by atoms with Gasteiger partial charge in [-0.05, 0) is 24.6 Å². The highest BCUT2D eigenvalue weighted by atomic mass is 16.5. The number of rotatable bonds is 4. The maximum Gasteiger partial charge on any atom is 0.122 e. The number of benzene rings is 1. The molecule has 0 atom stereocenters. The highest BCUT2D eigenvalue weighted by Gasteiger charge is 2.07. The number of hydrogen-bond donors (Lipinski definition) is 1. The molecule has 0 saturated heterocycles. The molecule has 1 aromatic carbocycles. The van der Waals surface area contributed by atoms with Gasteiger partial charge in [-0.3, -0.25) is 4.98 Å². The number of nitrogens with zero attached hydrogens (tertiary/aromatic N) is 2. The quantitative estimate of drug-likeness (QED) is 0.800. The molecule has 4 nitrogen and oxygen atoms in total. The van der Waals surface area contributed by atoms with Gasteiger partial charge in [-0.1, -0.05) is 12.1 Å². The SMILES string of the molecule is COc1cc(C)nc(Cn2ccc3c(CO)cccc32)c1. The zero-order valence-corrected chi connectivity index (χ0v) is 12.2. The number of ether oxygens (including phenoxy) is 1. The molecule has 0 saturated carbocycles. The first-order valence-electron chi connectivity index (χ1n) is 6.90. The van der Waals surface area contributed by atoms with Crippen LogP contribution in [0.1, 0.15) is 17.0 Å². The topological polar surface area (TPSA) is 47.3 Å². The molecule has 1 N–H and O–H groups in total. The van der Waals surface area contributed by atoms with Gasteiger partial charge in [0.05, 0.1) is 26.0 Å². The van der Waals surface area contributed by atoms with Crippen molar-refractivity contribution in [3.63, 3.8) is 0 Å². The Morgan fingerprint density at radius 2 is 2.10 bits per heavy atom. The van der Waals surface area contributed by atoms with E-state index in [1.54, 1.807) is 7.11 Å². The summed E-state index contributed by atoms with van der Waals surface area (Å²) in [5.41, 5.74) is 3.94. The van der Waals surface area contributed by atoms with Crippen LogP contribution in [0.25, 0.3) is 10.9 Å². The average molecular weight is 282 g/mol. The van der Waals surface area contributed by atoms with Crippen molar-refractivity contribution in [1.29, 1.82) is 0 Å². The Kier molecular flexibility index (Phi) is 3.62. The van der Waals surface area contributed by atoms with Crippen molar-refractivity contribution >= 4 is 10.9 Å². The third-order valence-electron chi connectivity index (χ3n) is 3.62. The largest absolute Gasteiger partial charge is 0.497 e. The van der Waals surface area contributed by atoms with Crippen molar-refractivity contribution < 1.29 is 9.84 Å². The first kappa shape index (κ1) is 13.6. The number of methoxy groups -OCH3 is 1. The first-order chi connectivity index (χ1) is 10.2. The molecular weight excluding hydrogens is 264 g/mol. The Bertz CT molecular complexity index is 778. The van der Waals surface area contributed by atoms with Gasteiger partial charge in [0.15, 0.2) is 0 Å². The molecule has 0 amide bonds. The second-order valence-electron chi connectivity index (χ2n) is 5.09. The number of aliphatic hydroxyl groups excluding tert-OH is 1. The lowest BCUT2D eigenvalue weighted by molar-refractivity contribution is 0.283. The summed E-state index contributed by atoms with van der Waals surface area (Å²) in [5, 5.41) is 10.5. The Balaban J connectivity index is 2.00. The van der Waals surface area contributed by atoms with Crippen molar-refractivity contribution in [2.24, 2.45) is 0 Å². The molecule has 0 bridgehead atoms. The number of aryl methyl sites for hydroxylation is 1. The molecule has 108 valence electrons. The molecule has 0 spiro atoms. The second kappa shape index (κ2) is 5.58. The lowest BCUT2D eigenvalue weighted by Gasteiger charge is -2.09. The molecule has 0 unspecified atom stereocenters. The van der Waals surface area contributed by atoms with Crippen LogP contribution in [-0.4, -0.2) is 21.8 Å². The van der Waals surface area contributed by atoms with Gasteiger partial charge in [0, 0.05) is 34.9 Å². The van der Waals surface area contributed by atoms with E-state index in [9.17, 15) is 5.11 Å². The molecule has 4 heteroatoms. The average Bonchev–Trinajstić information content (AvgIpc) is 2.89. The monoisotopic (exact) mass is 282 g/mol. The van der Waals surface area contributed by atoms with Crippen molar-refractivity contribution in [3.05, 3.63) is 59.5 Å². The van der Waals surface area contributed by atoms with Gasteiger partial charge in [0.2, 0.25) is 0 Å². The third kappa shape index (κ3) is 2.62. The van der Waals surface area contributed by atoms with E-state index in [-0.39, 0.29) is 6.61 Å². The highest BCUT2D eigenvalue weighted by molar-refractivity contribution is 5.83. The summed E-state index contributed by atoms with van der Waals surface area (Å²) in [6.07, 6.45) is 2.03. The Hall–Kier alpha value is -2.33. The normalized spacial score (nSPS) is 11.0. The van der Waals surface area contributed by atoms with Crippen LogP contribution in [0.3, 0.4) is 0 Å². The fraction of sp³-hybridized carbons (Fsp3) is 0.235. The Morgan fingerprint density at radius 3 is 2.86 bits per heavy atom. The summed E-state index contributed by atoms with van der Waals surface area (Å²) in [6.45, 7) is 2.69. The predicted octanol–water partition coefficient (Wildman–Crippen LogP) is 2.89. The van der Waals surface area contributed by atoms with Gasteiger partial charge in [-0.15, -0.1) is 0 Å². The lowest BCUT2D eigenvalue weighted by Crippen LogP contribution is -2.02.